The summed E-state index contributed by atoms with van der Waals surface area (Å²) in [5.74, 6) is 0.246. The van der Waals surface area contributed by atoms with Crippen molar-refractivity contribution in [3.05, 3.63) is 29.8 Å². The predicted octanol–water partition coefficient (Wildman–Crippen LogP) is 2.42. The van der Waals surface area contributed by atoms with Gasteiger partial charge in [0.2, 0.25) is 5.91 Å². The van der Waals surface area contributed by atoms with Crippen molar-refractivity contribution in [1.82, 2.24) is 10.2 Å². The van der Waals surface area contributed by atoms with Gasteiger partial charge in [-0.1, -0.05) is 19.1 Å². The number of benzene rings is 1. The lowest BCUT2D eigenvalue weighted by Gasteiger charge is -2.25. The van der Waals surface area contributed by atoms with E-state index in [1.54, 1.807) is 17.0 Å². The van der Waals surface area contributed by atoms with E-state index in [0.717, 1.165) is 12.0 Å². The first-order valence-electron chi connectivity index (χ1n) is 6.75. The number of rotatable bonds is 3. The minimum absolute atomic E-state index is 0.0324. The van der Waals surface area contributed by atoms with E-state index in [0.29, 0.717) is 5.92 Å². The maximum absolute atomic E-state index is 12.1. The van der Waals surface area contributed by atoms with Crippen LogP contribution in [0.25, 0.3) is 0 Å². The van der Waals surface area contributed by atoms with Crippen LogP contribution in [-0.2, 0) is 4.79 Å². The van der Waals surface area contributed by atoms with Crippen LogP contribution in [0.5, 0.6) is 5.75 Å². The van der Waals surface area contributed by atoms with Crippen molar-refractivity contribution in [2.24, 2.45) is 5.92 Å². The van der Waals surface area contributed by atoms with Crippen LogP contribution in [0.3, 0.4) is 0 Å². The Balaban J connectivity index is 1.76. The topological polar surface area (TPSA) is 41.6 Å². The molecule has 0 bridgehead atoms. The van der Waals surface area contributed by atoms with Gasteiger partial charge in [0.1, 0.15) is 11.9 Å². The molecule has 1 aliphatic heterocycles. The molecule has 1 saturated heterocycles. The molecule has 1 aliphatic carbocycles. The molecule has 3 unspecified atom stereocenters. The number of amides is 1. The fourth-order valence-electron chi connectivity index (χ4n) is 2.71. The highest BCUT2D eigenvalue weighted by Crippen LogP contribution is 2.41. The number of alkyl halides is 3. The Bertz CT molecular complexity index is 544. The van der Waals surface area contributed by atoms with Gasteiger partial charge in [0.05, 0.1) is 6.54 Å². The zero-order valence-corrected chi connectivity index (χ0v) is 11.4. The predicted molar refractivity (Wildman–Crippen MR) is 68.3 cm³/mol. The van der Waals surface area contributed by atoms with Gasteiger partial charge >= 0.3 is 6.36 Å². The molecule has 0 aromatic heterocycles. The number of halogens is 3. The van der Waals surface area contributed by atoms with Crippen LogP contribution in [0.4, 0.5) is 13.2 Å². The van der Waals surface area contributed by atoms with Crippen molar-refractivity contribution in [1.29, 1.82) is 0 Å². The Morgan fingerprint density at radius 3 is 2.43 bits per heavy atom. The van der Waals surface area contributed by atoms with Gasteiger partial charge in [-0.2, -0.15) is 0 Å². The van der Waals surface area contributed by atoms with Crippen LogP contribution in [0.15, 0.2) is 24.3 Å². The molecule has 1 amide bonds. The summed E-state index contributed by atoms with van der Waals surface area (Å²) >= 11 is 0. The number of carbonyl (C=O) groups is 1. The standard InChI is InChI=1S/C14H15F3N2O2/c1-8-6-11(8)19-12(20)7-18-13(19)9-2-4-10(5-3-9)21-14(15,16)17/h2-5,8,11,13,18H,6-7H2,1H3. The number of ether oxygens (including phenoxy) is 1. The number of carbonyl (C=O) groups excluding carboxylic acids is 1. The Hall–Kier alpha value is -1.76. The molecule has 7 heteroatoms. The molecule has 1 heterocycles. The minimum atomic E-state index is -4.70. The van der Waals surface area contributed by atoms with Crippen LogP contribution >= 0.6 is 0 Å². The largest absolute Gasteiger partial charge is 0.573 e. The zero-order valence-electron chi connectivity index (χ0n) is 11.4. The lowest BCUT2D eigenvalue weighted by Crippen LogP contribution is -2.33. The molecule has 114 valence electrons. The van der Waals surface area contributed by atoms with Gasteiger partial charge in [-0.05, 0) is 30.0 Å². The average molecular weight is 300 g/mol. The van der Waals surface area contributed by atoms with Crippen LogP contribution in [0.2, 0.25) is 0 Å². The fourth-order valence-corrected chi connectivity index (χ4v) is 2.71. The second kappa shape index (κ2) is 4.91. The van der Waals surface area contributed by atoms with Gasteiger partial charge in [-0.3, -0.25) is 10.1 Å². The van der Waals surface area contributed by atoms with Gasteiger partial charge in [-0.25, -0.2) is 0 Å². The van der Waals surface area contributed by atoms with Crippen LogP contribution in [-0.4, -0.2) is 29.8 Å². The second-order valence-electron chi connectivity index (χ2n) is 5.48. The van der Waals surface area contributed by atoms with E-state index in [9.17, 15) is 18.0 Å². The number of hydrogen-bond acceptors (Lipinski definition) is 3. The van der Waals surface area contributed by atoms with E-state index in [1.165, 1.54) is 12.1 Å². The van der Waals surface area contributed by atoms with E-state index in [-0.39, 0.29) is 30.4 Å². The van der Waals surface area contributed by atoms with Crippen molar-refractivity contribution in [3.63, 3.8) is 0 Å². The summed E-state index contributed by atoms with van der Waals surface area (Å²) in [4.78, 5) is 13.7. The molecular formula is C14H15F3N2O2. The monoisotopic (exact) mass is 300 g/mol. The summed E-state index contributed by atoms with van der Waals surface area (Å²) in [5, 5.41) is 3.10. The van der Waals surface area contributed by atoms with Gasteiger partial charge < -0.3 is 9.64 Å². The van der Waals surface area contributed by atoms with Crippen LogP contribution < -0.4 is 10.1 Å². The highest BCUT2D eigenvalue weighted by Gasteiger charge is 2.46. The first-order chi connectivity index (χ1) is 9.85. The molecule has 3 rings (SSSR count). The van der Waals surface area contributed by atoms with Crippen molar-refractivity contribution in [2.45, 2.75) is 31.9 Å². The molecule has 0 radical (unpaired) electrons. The van der Waals surface area contributed by atoms with Crippen molar-refractivity contribution >= 4 is 5.91 Å². The average Bonchev–Trinajstić information content (AvgIpc) is 2.97. The SMILES string of the molecule is CC1CC1N1C(=O)CNC1c1ccc(OC(F)(F)F)cc1. The lowest BCUT2D eigenvalue weighted by molar-refractivity contribution is -0.274. The van der Waals surface area contributed by atoms with E-state index in [1.807, 2.05) is 0 Å². The first-order valence-corrected chi connectivity index (χ1v) is 6.75. The molecule has 3 atom stereocenters. The Labute approximate surface area is 119 Å². The molecule has 2 aliphatic rings. The van der Waals surface area contributed by atoms with Crippen molar-refractivity contribution in [3.8, 4) is 5.75 Å². The third-order valence-corrected chi connectivity index (χ3v) is 3.87. The maximum atomic E-state index is 12.1. The molecular weight excluding hydrogens is 285 g/mol. The lowest BCUT2D eigenvalue weighted by atomic mass is 10.1. The number of nitrogens with one attached hydrogen (secondary N) is 1. The molecule has 21 heavy (non-hydrogen) atoms. The summed E-state index contributed by atoms with van der Waals surface area (Å²) in [6, 6.07) is 5.86. The summed E-state index contributed by atoms with van der Waals surface area (Å²) in [6.45, 7) is 2.34. The quantitative estimate of drug-likeness (QED) is 0.932. The first kappa shape index (κ1) is 14.2. The molecule has 1 N–H and O–H groups in total. The van der Waals surface area contributed by atoms with E-state index >= 15 is 0 Å². The van der Waals surface area contributed by atoms with E-state index in [4.69, 9.17) is 0 Å². The molecule has 0 spiro atoms. The number of nitrogens with zero attached hydrogens (tertiary/aromatic N) is 1. The maximum Gasteiger partial charge on any atom is 0.573 e. The fraction of sp³-hybridized carbons (Fsp3) is 0.500. The highest BCUT2D eigenvalue weighted by molar-refractivity contribution is 5.81. The van der Waals surface area contributed by atoms with Crippen LogP contribution in [0, 0.1) is 5.92 Å². The van der Waals surface area contributed by atoms with Gasteiger partial charge in [-0.15, -0.1) is 13.2 Å². The van der Waals surface area contributed by atoms with E-state index < -0.39 is 6.36 Å². The third-order valence-electron chi connectivity index (χ3n) is 3.87. The Morgan fingerprint density at radius 1 is 1.29 bits per heavy atom. The molecule has 1 aromatic rings. The van der Waals surface area contributed by atoms with Crippen LogP contribution in [0.1, 0.15) is 25.1 Å². The van der Waals surface area contributed by atoms with E-state index in [2.05, 4.69) is 17.0 Å². The van der Waals surface area contributed by atoms with Gasteiger partial charge in [0.15, 0.2) is 0 Å². The second-order valence-corrected chi connectivity index (χ2v) is 5.48. The van der Waals surface area contributed by atoms with Crippen molar-refractivity contribution < 1.29 is 22.7 Å². The molecule has 2 fully saturated rings. The van der Waals surface area contributed by atoms with Gasteiger partial charge in [0, 0.05) is 6.04 Å². The molecule has 4 nitrogen and oxygen atoms in total. The summed E-state index contributed by atoms with van der Waals surface area (Å²) in [7, 11) is 0. The third kappa shape index (κ3) is 2.97. The molecule has 1 aromatic carbocycles. The minimum Gasteiger partial charge on any atom is -0.406 e. The zero-order chi connectivity index (χ0) is 15.2. The summed E-state index contributed by atoms with van der Waals surface area (Å²) < 4.78 is 40.2. The summed E-state index contributed by atoms with van der Waals surface area (Å²) in [6.07, 6.45) is -4.00. The highest BCUT2D eigenvalue weighted by atomic mass is 19.4. The van der Waals surface area contributed by atoms with Gasteiger partial charge in [0.25, 0.3) is 0 Å². The Kier molecular flexibility index (Phi) is 3.32. The molecule has 1 saturated carbocycles. The number of hydrogen-bond donors (Lipinski definition) is 1. The normalized spacial score (nSPS) is 28.9. The Morgan fingerprint density at radius 2 is 1.90 bits per heavy atom. The smallest absolute Gasteiger partial charge is 0.406 e. The summed E-state index contributed by atoms with van der Waals surface area (Å²) in [5.41, 5.74) is 0.759. The van der Waals surface area contributed by atoms with Crippen molar-refractivity contribution in [2.75, 3.05) is 6.54 Å².